The molecule has 1 aliphatic heterocycles. The van der Waals surface area contributed by atoms with Crippen LogP contribution in [0.4, 0.5) is 0 Å². The van der Waals surface area contributed by atoms with Crippen LogP contribution in [0.1, 0.15) is 24.2 Å². The van der Waals surface area contributed by atoms with Gasteiger partial charge in [-0.25, -0.2) is 15.0 Å². The van der Waals surface area contributed by atoms with Gasteiger partial charge in [0.25, 0.3) is 0 Å². The number of carbonyl (C=O) groups is 1. The molecule has 7 nitrogen and oxygen atoms in total. The van der Waals surface area contributed by atoms with Gasteiger partial charge in [0.05, 0.1) is 25.2 Å². The second kappa shape index (κ2) is 7.27. The molecule has 0 fully saturated rings. The highest BCUT2D eigenvalue weighted by Gasteiger charge is 2.30. The van der Waals surface area contributed by atoms with Gasteiger partial charge in [-0.1, -0.05) is 12.2 Å². The first-order valence-corrected chi connectivity index (χ1v) is 9.04. The Morgan fingerprint density at radius 2 is 2.15 bits per heavy atom. The van der Waals surface area contributed by atoms with Crippen molar-refractivity contribution < 1.29 is 9.53 Å². The summed E-state index contributed by atoms with van der Waals surface area (Å²) in [5.74, 6) is 0.459. The van der Waals surface area contributed by atoms with Crippen molar-refractivity contribution in [1.29, 1.82) is 0 Å². The number of carbonyl (C=O) groups excluding carboxylic acids is 1. The predicted octanol–water partition coefficient (Wildman–Crippen LogP) is 1.99. The number of allylic oxidation sites excluding steroid dienone is 2. The fourth-order valence-corrected chi connectivity index (χ4v) is 3.59. The van der Waals surface area contributed by atoms with Crippen molar-refractivity contribution in [2.24, 2.45) is 11.8 Å². The SMILES string of the molecule is Cc1ccnc(OC[C@@H]2CN(C(=O)C3CC=CC3)Cc3cncn3C2)n1. The highest BCUT2D eigenvalue weighted by Crippen LogP contribution is 2.24. The summed E-state index contributed by atoms with van der Waals surface area (Å²) in [6.07, 6.45) is 11.2. The van der Waals surface area contributed by atoms with Crippen molar-refractivity contribution in [3.8, 4) is 6.01 Å². The van der Waals surface area contributed by atoms with E-state index in [0.717, 1.165) is 30.8 Å². The van der Waals surface area contributed by atoms with Gasteiger partial charge in [0.2, 0.25) is 5.91 Å². The van der Waals surface area contributed by atoms with E-state index in [0.29, 0.717) is 25.7 Å². The number of fused-ring (bicyclic) bond motifs is 1. The van der Waals surface area contributed by atoms with Crippen molar-refractivity contribution in [3.63, 3.8) is 0 Å². The zero-order valence-corrected chi connectivity index (χ0v) is 14.9. The van der Waals surface area contributed by atoms with Gasteiger partial charge in [-0.2, -0.15) is 0 Å². The summed E-state index contributed by atoms with van der Waals surface area (Å²) in [5.41, 5.74) is 1.94. The van der Waals surface area contributed by atoms with Gasteiger partial charge in [0, 0.05) is 43.0 Å². The standard InChI is InChI=1S/C19H23N5O2/c1-14-6-7-21-19(22-14)26-12-15-9-23(18(25)16-4-2-3-5-16)11-17-8-20-13-24(17)10-15/h2-3,6-8,13,15-16H,4-5,9-12H2,1H3/t15-/m1/s1. The van der Waals surface area contributed by atoms with Gasteiger partial charge >= 0.3 is 6.01 Å². The molecule has 7 heteroatoms. The van der Waals surface area contributed by atoms with Crippen LogP contribution in [0.2, 0.25) is 0 Å². The molecule has 0 radical (unpaired) electrons. The van der Waals surface area contributed by atoms with E-state index in [-0.39, 0.29) is 17.7 Å². The van der Waals surface area contributed by atoms with Gasteiger partial charge < -0.3 is 14.2 Å². The van der Waals surface area contributed by atoms with Crippen molar-refractivity contribution in [1.82, 2.24) is 24.4 Å². The van der Waals surface area contributed by atoms with E-state index in [9.17, 15) is 4.79 Å². The van der Waals surface area contributed by atoms with Crippen LogP contribution in [0.15, 0.2) is 36.9 Å². The third-order valence-electron chi connectivity index (χ3n) is 4.97. The Morgan fingerprint density at radius 1 is 1.31 bits per heavy atom. The zero-order chi connectivity index (χ0) is 17.9. The van der Waals surface area contributed by atoms with Crippen molar-refractivity contribution in [2.75, 3.05) is 13.2 Å². The number of ether oxygens (including phenoxy) is 1. The van der Waals surface area contributed by atoms with Crippen LogP contribution < -0.4 is 4.74 Å². The molecular formula is C19H23N5O2. The van der Waals surface area contributed by atoms with Crippen LogP contribution in [0.5, 0.6) is 6.01 Å². The van der Waals surface area contributed by atoms with Gasteiger partial charge in [0.15, 0.2) is 0 Å². The number of hydrogen-bond acceptors (Lipinski definition) is 5. The molecule has 0 bridgehead atoms. The van der Waals surface area contributed by atoms with Crippen LogP contribution in [-0.2, 0) is 17.9 Å². The second-order valence-electron chi connectivity index (χ2n) is 7.05. The molecule has 4 rings (SSSR count). The lowest BCUT2D eigenvalue weighted by Gasteiger charge is -2.26. The van der Waals surface area contributed by atoms with Crippen molar-refractivity contribution >= 4 is 5.91 Å². The Labute approximate surface area is 152 Å². The average Bonchev–Trinajstić information content (AvgIpc) is 3.28. The number of hydrogen-bond donors (Lipinski definition) is 0. The number of aryl methyl sites for hydroxylation is 1. The molecule has 0 unspecified atom stereocenters. The maximum atomic E-state index is 12.9. The number of amides is 1. The van der Waals surface area contributed by atoms with E-state index in [1.807, 2.05) is 30.4 Å². The molecule has 2 aliphatic rings. The second-order valence-corrected chi connectivity index (χ2v) is 7.05. The van der Waals surface area contributed by atoms with Gasteiger partial charge in [-0.3, -0.25) is 4.79 Å². The lowest BCUT2D eigenvalue weighted by atomic mass is 10.0. The van der Waals surface area contributed by atoms with Crippen molar-refractivity contribution in [3.05, 3.63) is 48.3 Å². The predicted molar refractivity (Wildman–Crippen MR) is 95.3 cm³/mol. The molecule has 0 aromatic carbocycles. The van der Waals surface area contributed by atoms with Crippen LogP contribution in [0, 0.1) is 18.8 Å². The monoisotopic (exact) mass is 353 g/mol. The number of aromatic nitrogens is 4. The maximum absolute atomic E-state index is 12.9. The fourth-order valence-electron chi connectivity index (χ4n) is 3.59. The first-order chi connectivity index (χ1) is 12.7. The highest BCUT2D eigenvalue weighted by molar-refractivity contribution is 5.79. The van der Waals surface area contributed by atoms with Crippen LogP contribution in [-0.4, -0.2) is 43.5 Å². The third-order valence-corrected chi connectivity index (χ3v) is 4.97. The number of rotatable bonds is 4. The van der Waals surface area contributed by atoms with Crippen LogP contribution >= 0.6 is 0 Å². The van der Waals surface area contributed by atoms with Gasteiger partial charge in [-0.05, 0) is 25.8 Å². The molecule has 26 heavy (non-hydrogen) atoms. The quantitative estimate of drug-likeness (QED) is 0.786. The summed E-state index contributed by atoms with van der Waals surface area (Å²) in [6, 6.07) is 2.23. The number of nitrogens with zero attached hydrogens (tertiary/aromatic N) is 5. The molecule has 3 heterocycles. The fraction of sp³-hybridized carbons (Fsp3) is 0.474. The van der Waals surface area contributed by atoms with E-state index in [1.54, 1.807) is 6.20 Å². The van der Waals surface area contributed by atoms with Gasteiger partial charge in [-0.15, -0.1) is 0 Å². The molecule has 1 aliphatic carbocycles. The average molecular weight is 353 g/mol. The first kappa shape index (κ1) is 16.8. The largest absolute Gasteiger partial charge is 0.463 e. The van der Waals surface area contributed by atoms with E-state index >= 15 is 0 Å². The maximum Gasteiger partial charge on any atom is 0.316 e. The Kier molecular flexibility index (Phi) is 4.69. The zero-order valence-electron chi connectivity index (χ0n) is 14.9. The Hall–Kier alpha value is -2.70. The Morgan fingerprint density at radius 3 is 2.96 bits per heavy atom. The van der Waals surface area contributed by atoms with E-state index in [4.69, 9.17) is 4.74 Å². The summed E-state index contributed by atoms with van der Waals surface area (Å²) in [4.78, 5) is 27.6. The third kappa shape index (κ3) is 3.61. The normalized spacial score (nSPS) is 20.0. The molecular weight excluding hydrogens is 330 g/mol. The molecule has 2 aromatic rings. The van der Waals surface area contributed by atoms with E-state index in [1.165, 1.54) is 0 Å². The molecule has 1 amide bonds. The summed E-state index contributed by atoms with van der Waals surface area (Å²) < 4.78 is 7.94. The molecule has 0 N–H and O–H groups in total. The Balaban J connectivity index is 1.48. The molecule has 0 saturated heterocycles. The van der Waals surface area contributed by atoms with E-state index < -0.39 is 0 Å². The molecule has 1 atom stereocenters. The van der Waals surface area contributed by atoms with Gasteiger partial charge in [0.1, 0.15) is 0 Å². The smallest absolute Gasteiger partial charge is 0.316 e. The molecule has 0 saturated carbocycles. The molecule has 136 valence electrons. The molecule has 2 aromatic heterocycles. The summed E-state index contributed by atoms with van der Waals surface area (Å²) in [6.45, 7) is 4.42. The minimum Gasteiger partial charge on any atom is -0.463 e. The minimum absolute atomic E-state index is 0.0751. The lowest BCUT2D eigenvalue weighted by molar-refractivity contribution is -0.136. The Bertz CT molecular complexity index is 808. The van der Waals surface area contributed by atoms with Crippen LogP contribution in [0.3, 0.4) is 0 Å². The topological polar surface area (TPSA) is 73.1 Å². The summed E-state index contributed by atoms with van der Waals surface area (Å²) in [5, 5.41) is 0. The minimum atomic E-state index is 0.0751. The van der Waals surface area contributed by atoms with Crippen LogP contribution in [0.25, 0.3) is 0 Å². The van der Waals surface area contributed by atoms with E-state index in [2.05, 4.69) is 31.7 Å². The lowest BCUT2D eigenvalue weighted by Crippen LogP contribution is -2.38. The first-order valence-electron chi connectivity index (χ1n) is 9.04. The highest BCUT2D eigenvalue weighted by atomic mass is 16.5. The molecule has 0 spiro atoms. The van der Waals surface area contributed by atoms with Crippen molar-refractivity contribution in [2.45, 2.75) is 32.9 Å². The summed E-state index contributed by atoms with van der Waals surface area (Å²) >= 11 is 0. The number of imidazole rings is 1. The summed E-state index contributed by atoms with van der Waals surface area (Å²) in [7, 11) is 0.